The van der Waals surface area contributed by atoms with Crippen molar-refractivity contribution in [3.63, 3.8) is 0 Å². The van der Waals surface area contributed by atoms with Gasteiger partial charge in [-0.05, 0) is 42.3 Å². The molecule has 1 N–H and O–H groups in total. The number of aromatic nitrogens is 3. The fraction of sp³-hybridized carbons (Fsp3) is 0.409. The number of para-hydroxylation sites is 2. The minimum absolute atomic E-state index is 0.0472. The molecule has 0 saturated heterocycles. The van der Waals surface area contributed by atoms with E-state index in [-0.39, 0.29) is 11.9 Å². The van der Waals surface area contributed by atoms with Crippen LogP contribution in [0.4, 0.5) is 0 Å². The van der Waals surface area contributed by atoms with E-state index in [2.05, 4.69) is 22.4 Å². The number of hydrogen-bond acceptors (Lipinski definition) is 6. The van der Waals surface area contributed by atoms with Crippen LogP contribution in [0.2, 0.25) is 0 Å². The Bertz CT molecular complexity index is 987. The molecule has 1 saturated carbocycles. The molecule has 8 heteroatoms. The maximum absolute atomic E-state index is 12.6. The van der Waals surface area contributed by atoms with Crippen molar-refractivity contribution < 1.29 is 9.53 Å². The third-order valence-electron chi connectivity index (χ3n) is 5.49. The van der Waals surface area contributed by atoms with Crippen LogP contribution in [-0.2, 0) is 4.79 Å². The molecule has 0 radical (unpaired) electrons. The number of carbonyl (C=O) groups is 1. The molecule has 4 rings (SSSR count). The number of nitrogens with zero attached hydrogens (tertiary/aromatic N) is 3. The van der Waals surface area contributed by atoms with Crippen LogP contribution in [0.1, 0.15) is 32.6 Å². The number of rotatable bonds is 7. The first-order chi connectivity index (χ1) is 14.7. The molecule has 2 unspecified atom stereocenters. The predicted octanol–water partition coefficient (Wildman–Crippen LogP) is 4.79. The van der Waals surface area contributed by atoms with Gasteiger partial charge in [-0.25, -0.2) is 0 Å². The highest BCUT2D eigenvalue weighted by Crippen LogP contribution is 2.34. The summed E-state index contributed by atoms with van der Waals surface area (Å²) in [7, 11) is 1.65. The molecule has 1 aliphatic rings. The maximum atomic E-state index is 12.6. The van der Waals surface area contributed by atoms with Gasteiger partial charge in [-0.3, -0.25) is 9.36 Å². The third-order valence-corrected chi connectivity index (χ3v) is 7.29. The van der Waals surface area contributed by atoms with Crippen molar-refractivity contribution in [1.82, 2.24) is 20.1 Å². The van der Waals surface area contributed by atoms with E-state index >= 15 is 0 Å². The van der Waals surface area contributed by atoms with Gasteiger partial charge in [0.1, 0.15) is 5.75 Å². The van der Waals surface area contributed by atoms with Crippen LogP contribution in [0.15, 0.2) is 46.9 Å². The number of methoxy groups -OCH3 is 1. The van der Waals surface area contributed by atoms with Crippen LogP contribution in [0, 0.1) is 5.92 Å². The molecule has 6 nitrogen and oxygen atoms in total. The molecular formula is C22H26N4O2S2. The van der Waals surface area contributed by atoms with Gasteiger partial charge >= 0.3 is 0 Å². The average molecular weight is 443 g/mol. The first-order valence-corrected chi connectivity index (χ1v) is 12.1. The number of hydrogen-bond donors (Lipinski definition) is 1. The summed E-state index contributed by atoms with van der Waals surface area (Å²) in [6, 6.07) is 12.1. The summed E-state index contributed by atoms with van der Waals surface area (Å²) >= 11 is 3.01. The molecule has 0 spiro atoms. The van der Waals surface area contributed by atoms with Crippen molar-refractivity contribution in [3.05, 3.63) is 41.8 Å². The van der Waals surface area contributed by atoms with E-state index in [1.807, 2.05) is 46.3 Å². The van der Waals surface area contributed by atoms with Crippen LogP contribution in [-0.4, -0.2) is 39.6 Å². The number of carbonyl (C=O) groups excluding carboxylic acids is 1. The van der Waals surface area contributed by atoms with E-state index in [9.17, 15) is 4.79 Å². The van der Waals surface area contributed by atoms with Gasteiger partial charge in [0.2, 0.25) is 5.91 Å². The van der Waals surface area contributed by atoms with Crippen LogP contribution in [0.5, 0.6) is 5.75 Å². The highest BCUT2D eigenvalue weighted by atomic mass is 32.2. The minimum Gasteiger partial charge on any atom is -0.495 e. The van der Waals surface area contributed by atoms with E-state index in [1.165, 1.54) is 31.0 Å². The van der Waals surface area contributed by atoms with Crippen molar-refractivity contribution in [2.75, 3.05) is 12.9 Å². The van der Waals surface area contributed by atoms with Gasteiger partial charge < -0.3 is 10.1 Å². The Morgan fingerprint density at radius 2 is 2.07 bits per heavy atom. The highest BCUT2D eigenvalue weighted by Gasteiger charge is 2.24. The summed E-state index contributed by atoms with van der Waals surface area (Å²) < 4.78 is 7.55. The molecule has 158 valence electrons. The SMILES string of the molecule is COc1ccccc1-n1c(SCC(=O)NC2CCCCC2C)nnc1-c1cccs1. The first kappa shape index (κ1) is 20.9. The van der Waals surface area contributed by atoms with Crippen molar-refractivity contribution in [3.8, 4) is 22.1 Å². The van der Waals surface area contributed by atoms with E-state index in [0.29, 0.717) is 16.8 Å². The Kier molecular flexibility index (Phi) is 6.74. The van der Waals surface area contributed by atoms with E-state index in [1.54, 1.807) is 18.4 Å². The van der Waals surface area contributed by atoms with Crippen LogP contribution < -0.4 is 10.1 Å². The van der Waals surface area contributed by atoms with Crippen LogP contribution in [0.3, 0.4) is 0 Å². The Morgan fingerprint density at radius 3 is 2.83 bits per heavy atom. The fourth-order valence-electron chi connectivity index (χ4n) is 3.87. The molecule has 2 aromatic heterocycles. The summed E-state index contributed by atoms with van der Waals surface area (Å²) in [5, 5.41) is 14.7. The normalized spacial score (nSPS) is 18.9. The molecule has 30 heavy (non-hydrogen) atoms. The zero-order chi connectivity index (χ0) is 20.9. The second-order valence-corrected chi connectivity index (χ2v) is 9.41. The molecular weight excluding hydrogens is 416 g/mol. The smallest absolute Gasteiger partial charge is 0.230 e. The maximum Gasteiger partial charge on any atom is 0.230 e. The van der Waals surface area contributed by atoms with Gasteiger partial charge in [0.25, 0.3) is 0 Å². The molecule has 1 fully saturated rings. The quantitative estimate of drug-likeness (QED) is 0.533. The molecule has 3 aromatic rings. The third kappa shape index (κ3) is 4.54. The highest BCUT2D eigenvalue weighted by molar-refractivity contribution is 7.99. The van der Waals surface area contributed by atoms with Gasteiger partial charge in [-0.2, -0.15) is 0 Å². The van der Waals surface area contributed by atoms with Crippen molar-refractivity contribution in [2.45, 2.75) is 43.8 Å². The number of thiophene rings is 1. The van der Waals surface area contributed by atoms with E-state index in [4.69, 9.17) is 4.74 Å². The van der Waals surface area contributed by atoms with Crippen LogP contribution in [0.25, 0.3) is 16.4 Å². The van der Waals surface area contributed by atoms with Crippen LogP contribution >= 0.6 is 23.1 Å². The standard InChI is InChI=1S/C22H26N4O2S2/c1-15-8-3-4-9-16(15)23-20(27)14-30-22-25-24-21(19-12-7-13-29-19)26(22)17-10-5-6-11-18(17)28-2/h5-7,10-13,15-16H,3-4,8-9,14H2,1-2H3,(H,23,27). The zero-order valence-electron chi connectivity index (χ0n) is 17.2. The Labute approximate surface area is 185 Å². The summed E-state index contributed by atoms with van der Waals surface area (Å²) in [6.45, 7) is 2.23. The van der Waals surface area contributed by atoms with Gasteiger partial charge in [-0.15, -0.1) is 21.5 Å². The lowest BCUT2D eigenvalue weighted by Crippen LogP contribution is -2.41. The zero-order valence-corrected chi connectivity index (χ0v) is 18.8. The summed E-state index contributed by atoms with van der Waals surface area (Å²) in [6.07, 6.45) is 4.70. The van der Waals surface area contributed by atoms with E-state index < -0.39 is 0 Å². The second-order valence-electron chi connectivity index (χ2n) is 7.52. The molecule has 1 aromatic carbocycles. The number of nitrogens with one attached hydrogen (secondary N) is 1. The Morgan fingerprint density at radius 1 is 1.23 bits per heavy atom. The summed E-state index contributed by atoms with van der Waals surface area (Å²) in [5.41, 5.74) is 0.859. The lowest BCUT2D eigenvalue weighted by Gasteiger charge is -2.29. The summed E-state index contributed by atoms with van der Waals surface area (Å²) in [4.78, 5) is 13.6. The minimum atomic E-state index is 0.0472. The Balaban J connectivity index is 1.57. The van der Waals surface area contributed by atoms with Gasteiger partial charge in [0, 0.05) is 6.04 Å². The topological polar surface area (TPSA) is 69.0 Å². The van der Waals surface area contributed by atoms with Gasteiger partial charge in [0.15, 0.2) is 11.0 Å². The second kappa shape index (κ2) is 9.66. The molecule has 1 aliphatic carbocycles. The number of thioether (sulfide) groups is 1. The summed E-state index contributed by atoms with van der Waals surface area (Å²) in [5.74, 6) is 2.37. The molecule has 0 bridgehead atoms. The molecule has 2 heterocycles. The predicted molar refractivity (Wildman–Crippen MR) is 122 cm³/mol. The van der Waals surface area contributed by atoms with Crippen molar-refractivity contribution >= 4 is 29.0 Å². The monoisotopic (exact) mass is 442 g/mol. The molecule has 0 aliphatic heterocycles. The number of benzene rings is 1. The van der Waals surface area contributed by atoms with Crippen molar-refractivity contribution in [2.24, 2.45) is 5.92 Å². The number of ether oxygens (including phenoxy) is 1. The lowest BCUT2D eigenvalue weighted by molar-refractivity contribution is -0.119. The van der Waals surface area contributed by atoms with E-state index in [0.717, 1.165) is 28.6 Å². The number of amides is 1. The molecule has 2 atom stereocenters. The largest absolute Gasteiger partial charge is 0.495 e. The lowest BCUT2D eigenvalue weighted by atomic mass is 9.86. The average Bonchev–Trinajstić information content (AvgIpc) is 3.43. The Hall–Kier alpha value is -2.32. The molecule has 1 amide bonds. The fourth-order valence-corrected chi connectivity index (χ4v) is 5.32. The van der Waals surface area contributed by atoms with Gasteiger partial charge in [0.05, 0.1) is 23.4 Å². The van der Waals surface area contributed by atoms with Crippen molar-refractivity contribution in [1.29, 1.82) is 0 Å². The van der Waals surface area contributed by atoms with Gasteiger partial charge in [-0.1, -0.05) is 49.7 Å². The first-order valence-electron chi connectivity index (χ1n) is 10.2.